The van der Waals surface area contributed by atoms with Crippen molar-refractivity contribution < 1.29 is 40.6 Å². The molecule has 0 fully saturated rings. The van der Waals surface area contributed by atoms with Crippen molar-refractivity contribution in [3.05, 3.63) is 65.0 Å². The number of rotatable bonds is 4. The Labute approximate surface area is 137 Å². The van der Waals surface area contributed by atoms with Crippen LogP contribution in [0.1, 0.15) is 22.8 Å². The van der Waals surface area contributed by atoms with Gasteiger partial charge in [0.1, 0.15) is 17.7 Å². The van der Waals surface area contributed by atoms with Crippen molar-refractivity contribution in [1.29, 1.82) is 0 Å². The predicted octanol–water partition coefficient (Wildman–Crippen LogP) is 4.98. The second kappa shape index (κ2) is 6.91. The summed E-state index contributed by atoms with van der Waals surface area (Å²) in [5.74, 6) is -0.862. The van der Waals surface area contributed by atoms with Crippen molar-refractivity contribution in [2.24, 2.45) is 0 Å². The van der Waals surface area contributed by atoms with Crippen molar-refractivity contribution in [3.8, 4) is 5.75 Å². The van der Waals surface area contributed by atoms with Crippen LogP contribution >= 0.6 is 0 Å². The summed E-state index contributed by atoms with van der Waals surface area (Å²) in [6.45, 7) is -0.908. The van der Waals surface area contributed by atoms with Gasteiger partial charge in [-0.3, -0.25) is 0 Å². The molecular weight excluding hydrogens is 357 g/mol. The van der Waals surface area contributed by atoms with Crippen molar-refractivity contribution in [3.63, 3.8) is 0 Å². The van der Waals surface area contributed by atoms with Gasteiger partial charge in [0.05, 0.1) is 17.7 Å². The van der Waals surface area contributed by atoms with Crippen LogP contribution in [-0.2, 0) is 12.4 Å². The Kier molecular flexibility index (Phi) is 5.26. The third kappa shape index (κ3) is 4.85. The number of hydrogen-bond donors (Lipinski definition) is 1. The Morgan fingerprint density at radius 3 is 1.88 bits per heavy atom. The van der Waals surface area contributed by atoms with Crippen LogP contribution in [0.4, 0.5) is 30.7 Å². The standard InChI is InChI=1S/C16H11F7O2/c17-12-2-1-3-13(7-12)25-14(8-24)9-4-10(15(18,19)20)6-11(5-9)16(21,22)23/h1-7,14,24H,8H2. The minimum absolute atomic E-state index is 0.0277. The zero-order chi connectivity index (χ0) is 18.8. The lowest BCUT2D eigenvalue weighted by Gasteiger charge is -2.20. The highest BCUT2D eigenvalue weighted by Crippen LogP contribution is 2.38. The Morgan fingerprint density at radius 1 is 0.880 bits per heavy atom. The normalized spacial score (nSPS) is 13.6. The monoisotopic (exact) mass is 368 g/mol. The zero-order valence-electron chi connectivity index (χ0n) is 12.3. The van der Waals surface area contributed by atoms with E-state index in [4.69, 9.17) is 4.74 Å². The van der Waals surface area contributed by atoms with Crippen LogP contribution in [0.3, 0.4) is 0 Å². The van der Waals surface area contributed by atoms with Gasteiger partial charge in [0.2, 0.25) is 0 Å². The summed E-state index contributed by atoms with van der Waals surface area (Å²) in [6.07, 6.45) is -11.6. The van der Waals surface area contributed by atoms with Crippen LogP contribution in [0.15, 0.2) is 42.5 Å². The third-order valence-corrected chi connectivity index (χ3v) is 3.22. The zero-order valence-corrected chi connectivity index (χ0v) is 12.3. The van der Waals surface area contributed by atoms with Crippen molar-refractivity contribution in [1.82, 2.24) is 0 Å². The largest absolute Gasteiger partial charge is 0.483 e. The average Bonchev–Trinajstić information content (AvgIpc) is 2.50. The van der Waals surface area contributed by atoms with Gasteiger partial charge in [0.15, 0.2) is 0 Å². The summed E-state index contributed by atoms with van der Waals surface area (Å²) >= 11 is 0. The van der Waals surface area contributed by atoms with Crippen LogP contribution in [0.5, 0.6) is 5.75 Å². The number of benzene rings is 2. The van der Waals surface area contributed by atoms with E-state index in [9.17, 15) is 35.8 Å². The maximum absolute atomic E-state index is 13.1. The van der Waals surface area contributed by atoms with E-state index in [1.54, 1.807) is 0 Å². The molecule has 0 saturated heterocycles. The summed E-state index contributed by atoms with van der Waals surface area (Å²) in [5.41, 5.74) is -3.59. The van der Waals surface area contributed by atoms with Crippen LogP contribution in [0.25, 0.3) is 0 Å². The lowest BCUT2D eigenvalue weighted by molar-refractivity contribution is -0.143. The summed E-state index contributed by atoms with van der Waals surface area (Å²) in [4.78, 5) is 0. The maximum Gasteiger partial charge on any atom is 0.416 e. The number of halogens is 7. The van der Waals surface area contributed by atoms with Gasteiger partial charge in [-0.05, 0) is 35.9 Å². The van der Waals surface area contributed by atoms with Crippen LogP contribution in [-0.4, -0.2) is 11.7 Å². The first kappa shape index (κ1) is 19.0. The fraction of sp³-hybridized carbons (Fsp3) is 0.250. The molecule has 1 unspecified atom stereocenters. The van der Waals surface area contributed by atoms with Gasteiger partial charge in [0.25, 0.3) is 0 Å². The Balaban J connectivity index is 2.47. The van der Waals surface area contributed by atoms with E-state index in [0.717, 1.165) is 12.1 Å². The van der Waals surface area contributed by atoms with E-state index < -0.39 is 47.6 Å². The number of aliphatic hydroxyl groups is 1. The van der Waals surface area contributed by atoms with Gasteiger partial charge >= 0.3 is 12.4 Å². The molecule has 2 rings (SSSR count). The molecule has 0 amide bonds. The molecule has 9 heteroatoms. The van der Waals surface area contributed by atoms with Crippen LogP contribution in [0, 0.1) is 5.82 Å². The lowest BCUT2D eigenvalue weighted by atomic mass is 10.0. The number of ether oxygens (including phenoxy) is 1. The second-order valence-electron chi connectivity index (χ2n) is 5.09. The average molecular weight is 368 g/mol. The molecule has 0 bridgehead atoms. The first-order valence-corrected chi connectivity index (χ1v) is 6.83. The van der Waals surface area contributed by atoms with Gasteiger partial charge in [-0.15, -0.1) is 0 Å². The fourth-order valence-electron chi connectivity index (χ4n) is 2.08. The van der Waals surface area contributed by atoms with Crippen molar-refractivity contribution >= 4 is 0 Å². The second-order valence-corrected chi connectivity index (χ2v) is 5.09. The molecular formula is C16H11F7O2. The first-order chi connectivity index (χ1) is 11.5. The van der Waals surface area contributed by atoms with E-state index in [2.05, 4.69) is 0 Å². The summed E-state index contributed by atoms with van der Waals surface area (Å²) < 4.78 is 95.4. The number of hydrogen-bond acceptors (Lipinski definition) is 2. The molecule has 1 N–H and O–H groups in total. The molecule has 0 aliphatic carbocycles. The molecule has 0 radical (unpaired) electrons. The molecule has 136 valence electrons. The van der Waals surface area contributed by atoms with Gasteiger partial charge < -0.3 is 9.84 Å². The summed E-state index contributed by atoms with van der Waals surface area (Å²) in [7, 11) is 0. The van der Waals surface area contributed by atoms with E-state index in [1.807, 2.05) is 0 Å². The molecule has 25 heavy (non-hydrogen) atoms. The highest BCUT2D eigenvalue weighted by Gasteiger charge is 2.37. The third-order valence-electron chi connectivity index (χ3n) is 3.22. The minimum Gasteiger partial charge on any atom is -0.483 e. The smallest absolute Gasteiger partial charge is 0.416 e. The van der Waals surface area contributed by atoms with Gasteiger partial charge in [0, 0.05) is 6.07 Å². The predicted molar refractivity (Wildman–Crippen MR) is 73.3 cm³/mol. The molecule has 0 aliphatic rings. The van der Waals surface area contributed by atoms with E-state index in [0.29, 0.717) is 12.1 Å². The molecule has 0 aromatic heterocycles. The molecule has 0 spiro atoms. The topological polar surface area (TPSA) is 29.5 Å². The Hall–Kier alpha value is -2.29. The van der Waals surface area contributed by atoms with Gasteiger partial charge in [-0.2, -0.15) is 26.3 Å². The quantitative estimate of drug-likeness (QED) is 0.772. The molecule has 2 aromatic rings. The van der Waals surface area contributed by atoms with Crippen molar-refractivity contribution in [2.45, 2.75) is 18.5 Å². The lowest BCUT2D eigenvalue weighted by Crippen LogP contribution is -2.17. The molecule has 2 aromatic carbocycles. The van der Waals surface area contributed by atoms with E-state index in [-0.39, 0.29) is 11.8 Å². The first-order valence-electron chi connectivity index (χ1n) is 6.83. The summed E-state index contributed by atoms with van der Waals surface area (Å²) in [6, 6.07) is 5.34. The number of alkyl halides is 6. The van der Waals surface area contributed by atoms with Crippen molar-refractivity contribution in [2.75, 3.05) is 6.61 Å². The Morgan fingerprint density at radius 2 is 1.44 bits per heavy atom. The molecule has 2 nitrogen and oxygen atoms in total. The van der Waals surface area contributed by atoms with Gasteiger partial charge in [-0.25, -0.2) is 4.39 Å². The highest BCUT2D eigenvalue weighted by atomic mass is 19.4. The summed E-state index contributed by atoms with van der Waals surface area (Å²) in [5, 5.41) is 9.32. The van der Waals surface area contributed by atoms with E-state index in [1.165, 1.54) is 12.1 Å². The minimum atomic E-state index is -5.02. The number of aliphatic hydroxyl groups excluding tert-OH is 1. The molecule has 0 saturated carbocycles. The fourth-order valence-corrected chi connectivity index (χ4v) is 2.08. The van der Waals surface area contributed by atoms with Crippen LogP contribution in [0.2, 0.25) is 0 Å². The highest BCUT2D eigenvalue weighted by molar-refractivity contribution is 5.35. The molecule has 0 aliphatic heterocycles. The van der Waals surface area contributed by atoms with Gasteiger partial charge in [-0.1, -0.05) is 6.07 Å². The molecule has 0 heterocycles. The van der Waals surface area contributed by atoms with E-state index >= 15 is 0 Å². The SMILES string of the molecule is OCC(Oc1cccc(F)c1)c1cc(C(F)(F)F)cc(C(F)(F)F)c1. The Bertz CT molecular complexity index is 706. The molecule has 1 atom stereocenters. The maximum atomic E-state index is 13.1. The van der Waals surface area contributed by atoms with Crippen LogP contribution < -0.4 is 4.74 Å².